The maximum absolute atomic E-state index is 12.7. The number of aromatic nitrogens is 3. The molecule has 1 fully saturated rings. The van der Waals surface area contributed by atoms with Crippen LogP contribution in [0.1, 0.15) is 28.0 Å². The quantitative estimate of drug-likeness (QED) is 0.791. The summed E-state index contributed by atoms with van der Waals surface area (Å²) in [5.41, 5.74) is 0.187. The highest BCUT2D eigenvalue weighted by Crippen LogP contribution is 2.29. The Morgan fingerprint density at radius 2 is 2.15 bits per heavy atom. The van der Waals surface area contributed by atoms with Crippen LogP contribution >= 0.6 is 0 Å². The van der Waals surface area contributed by atoms with Gasteiger partial charge in [-0.05, 0) is 6.07 Å². The molecule has 3 rings (SSSR count). The number of carbonyl (C=O) groups is 1. The largest absolute Gasteiger partial charge is 0.472 e. The summed E-state index contributed by atoms with van der Waals surface area (Å²) < 4.78 is 50.0. The molecule has 0 aromatic carbocycles. The second kappa shape index (κ2) is 7.55. The zero-order valence-electron chi connectivity index (χ0n) is 14.9. The number of halogens is 3. The van der Waals surface area contributed by atoms with Crippen LogP contribution in [-0.4, -0.2) is 51.9 Å². The van der Waals surface area contributed by atoms with E-state index < -0.39 is 11.7 Å². The zero-order valence-corrected chi connectivity index (χ0v) is 14.9. The average Bonchev–Trinajstić information content (AvgIpc) is 3.21. The van der Waals surface area contributed by atoms with Gasteiger partial charge in [0.2, 0.25) is 5.88 Å². The number of alkyl halides is 3. The van der Waals surface area contributed by atoms with Gasteiger partial charge in [0.15, 0.2) is 0 Å². The molecule has 0 bridgehead atoms. The first-order valence-corrected chi connectivity index (χ1v) is 8.28. The first-order valence-electron chi connectivity index (χ1n) is 8.28. The van der Waals surface area contributed by atoms with E-state index in [4.69, 9.17) is 9.47 Å². The highest BCUT2D eigenvalue weighted by Gasteiger charge is 2.32. The number of likely N-dealkylation sites (tertiary alicyclic amines) is 1. The molecule has 1 saturated heterocycles. The second-order valence-corrected chi connectivity index (χ2v) is 6.26. The van der Waals surface area contributed by atoms with Crippen molar-refractivity contribution in [2.45, 2.75) is 25.3 Å². The molecule has 1 aliphatic heterocycles. The molecule has 10 heteroatoms. The number of pyridine rings is 1. The average molecular weight is 384 g/mol. The number of amides is 1. The summed E-state index contributed by atoms with van der Waals surface area (Å²) >= 11 is 0. The van der Waals surface area contributed by atoms with Gasteiger partial charge in [0.1, 0.15) is 11.8 Å². The normalized spacial score (nSPS) is 17.4. The van der Waals surface area contributed by atoms with Gasteiger partial charge in [0, 0.05) is 45.6 Å². The number of aryl methyl sites for hydroxylation is 1. The molecule has 146 valence electrons. The molecule has 2 aromatic rings. The van der Waals surface area contributed by atoms with Crippen molar-refractivity contribution in [1.29, 1.82) is 0 Å². The van der Waals surface area contributed by atoms with Crippen molar-refractivity contribution in [3.8, 4) is 5.88 Å². The number of nitrogens with zero attached hydrogens (tertiary/aromatic N) is 4. The van der Waals surface area contributed by atoms with Crippen molar-refractivity contribution in [1.82, 2.24) is 19.7 Å². The number of hydrogen-bond acceptors (Lipinski definition) is 5. The molecular weight excluding hydrogens is 365 g/mol. The van der Waals surface area contributed by atoms with Crippen molar-refractivity contribution in [2.24, 2.45) is 7.05 Å². The molecular formula is C17H19F3N4O3. The summed E-state index contributed by atoms with van der Waals surface area (Å²) in [5.74, 6) is -0.0784. The van der Waals surface area contributed by atoms with E-state index in [-0.39, 0.29) is 24.5 Å². The van der Waals surface area contributed by atoms with Gasteiger partial charge in [0.25, 0.3) is 5.91 Å². The van der Waals surface area contributed by atoms with Gasteiger partial charge in [-0.1, -0.05) is 0 Å². The molecule has 3 heterocycles. The predicted octanol–water partition coefficient (Wildman–Crippen LogP) is 2.27. The van der Waals surface area contributed by atoms with Crippen LogP contribution in [0.15, 0.2) is 24.5 Å². The van der Waals surface area contributed by atoms with E-state index in [9.17, 15) is 18.0 Å². The molecule has 0 spiro atoms. The first-order chi connectivity index (χ1) is 12.8. The molecule has 27 heavy (non-hydrogen) atoms. The highest BCUT2D eigenvalue weighted by molar-refractivity contribution is 5.95. The van der Waals surface area contributed by atoms with Crippen LogP contribution in [0.2, 0.25) is 0 Å². The van der Waals surface area contributed by atoms with E-state index in [0.717, 1.165) is 12.3 Å². The van der Waals surface area contributed by atoms with Crippen LogP contribution in [-0.2, 0) is 24.6 Å². The Hall–Kier alpha value is -2.62. The second-order valence-electron chi connectivity index (χ2n) is 6.26. The molecule has 1 unspecified atom stereocenters. The van der Waals surface area contributed by atoms with Gasteiger partial charge in [-0.2, -0.15) is 18.3 Å². The Balaban J connectivity index is 1.62. The molecule has 1 atom stereocenters. The van der Waals surface area contributed by atoms with E-state index in [2.05, 4.69) is 10.1 Å². The maximum Gasteiger partial charge on any atom is 0.417 e. The zero-order chi connectivity index (χ0) is 19.6. The molecule has 0 saturated carbocycles. The van der Waals surface area contributed by atoms with E-state index in [1.54, 1.807) is 22.8 Å². The third-order valence-electron chi connectivity index (χ3n) is 4.20. The van der Waals surface area contributed by atoms with Crippen LogP contribution in [0.5, 0.6) is 5.88 Å². The summed E-state index contributed by atoms with van der Waals surface area (Å²) in [7, 11) is 3.25. The van der Waals surface area contributed by atoms with Crippen molar-refractivity contribution < 1.29 is 27.4 Å². The molecule has 0 aliphatic carbocycles. The van der Waals surface area contributed by atoms with E-state index in [1.165, 1.54) is 13.2 Å². The van der Waals surface area contributed by atoms with Gasteiger partial charge < -0.3 is 14.4 Å². The molecule has 7 nitrogen and oxygen atoms in total. The fraction of sp³-hybridized carbons (Fsp3) is 0.471. The Labute approximate surface area is 153 Å². The minimum Gasteiger partial charge on any atom is -0.472 e. The molecule has 0 radical (unpaired) electrons. The number of carbonyl (C=O) groups excluding carboxylic acids is 1. The van der Waals surface area contributed by atoms with Gasteiger partial charge in [-0.15, -0.1) is 0 Å². The minimum atomic E-state index is -4.44. The Morgan fingerprint density at radius 1 is 1.37 bits per heavy atom. The van der Waals surface area contributed by atoms with Crippen molar-refractivity contribution in [3.63, 3.8) is 0 Å². The van der Waals surface area contributed by atoms with Crippen LogP contribution in [0, 0.1) is 0 Å². The molecule has 2 aromatic heterocycles. The number of ether oxygens (including phenoxy) is 2. The predicted molar refractivity (Wildman–Crippen MR) is 88.1 cm³/mol. The van der Waals surface area contributed by atoms with Crippen LogP contribution in [0.25, 0.3) is 0 Å². The maximum atomic E-state index is 12.7. The van der Waals surface area contributed by atoms with Crippen LogP contribution in [0.3, 0.4) is 0 Å². The number of rotatable bonds is 5. The van der Waals surface area contributed by atoms with Gasteiger partial charge in [0.05, 0.1) is 24.3 Å². The minimum absolute atomic E-state index is 0.101. The Bertz CT molecular complexity index is 805. The smallest absolute Gasteiger partial charge is 0.417 e. The Morgan fingerprint density at radius 3 is 2.78 bits per heavy atom. The molecule has 0 N–H and O–H groups in total. The lowest BCUT2D eigenvalue weighted by Crippen LogP contribution is -2.31. The van der Waals surface area contributed by atoms with Gasteiger partial charge in [-0.3, -0.25) is 9.48 Å². The number of methoxy groups -OCH3 is 1. The van der Waals surface area contributed by atoms with E-state index >= 15 is 0 Å². The van der Waals surface area contributed by atoms with Crippen molar-refractivity contribution >= 4 is 5.91 Å². The van der Waals surface area contributed by atoms with Crippen LogP contribution < -0.4 is 4.74 Å². The lowest BCUT2D eigenvalue weighted by Gasteiger charge is -2.17. The fourth-order valence-corrected chi connectivity index (χ4v) is 2.92. The SMILES string of the molecule is COCc1nn(C)cc1C(=O)N1CCC(Oc2ccc(C(F)(F)F)cn2)C1. The Kier molecular flexibility index (Phi) is 5.36. The highest BCUT2D eigenvalue weighted by atomic mass is 19.4. The molecule has 1 amide bonds. The number of hydrogen-bond donors (Lipinski definition) is 0. The fourth-order valence-electron chi connectivity index (χ4n) is 2.92. The van der Waals surface area contributed by atoms with E-state index in [0.29, 0.717) is 30.8 Å². The van der Waals surface area contributed by atoms with Crippen molar-refractivity contribution in [2.75, 3.05) is 20.2 Å². The summed E-state index contributed by atoms with van der Waals surface area (Å²) in [6, 6.07) is 2.11. The summed E-state index contributed by atoms with van der Waals surface area (Å²) in [6.45, 7) is 1.03. The van der Waals surface area contributed by atoms with Gasteiger partial charge >= 0.3 is 6.18 Å². The molecule has 1 aliphatic rings. The van der Waals surface area contributed by atoms with Crippen LogP contribution in [0.4, 0.5) is 13.2 Å². The summed E-state index contributed by atoms with van der Waals surface area (Å²) in [4.78, 5) is 18.1. The topological polar surface area (TPSA) is 69.5 Å². The summed E-state index contributed by atoms with van der Waals surface area (Å²) in [6.07, 6.45) is -1.83. The third-order valence-corrected chi connectivity index (χ3v) is 4.20. The first kappa shape index (κ1) is 19.2. The lowest BCUT2D eigenvalue weighted by atomic mass is 10.2. The van der Waals surface area contributed by atoms with E-state index in [1.807, 2.05) is 0 Å². The lowest BCUT2D eigenvalue weighted by molar-refractivity contribution is -0.137. The third kappa shape index (κ3) is 4.38. The standard InChI is InChI=1S/C17H19F3N4O3/c1-23-9-13(14(22-23)10-26-2)16(25)24-6-5-12(8-24)27-15-4-3-11(7-21-15)17(18,19)20/h3-4,7,9,12H,5-6,8,10H2,1-2H3. The van der Waals surface area contributed by atoms with Gasteiger partial charge in [-0.25, -0.2) is 4.98 Å². The van der Waals surface area contributed by atoms with Crippen molar-refractivity contribution in [3.05, 3.63) is 41.3 Å². The summed E-state index contributed by atoms with van der Waals surface area (Å²) in [5, 5.41) is 4.22. The monoisotopic (exact) mass is 384 g/mol.